The molecule has 0 radical (unpaired) electrons. The third-order valence-corrected chi connectivity index (χ3v) is 6.67. The Morgan fingerprint density at radius 2 is 2.00 bits per heavy atom. The van der Waals surface area contributed by atoms with E-state index < -0.39 is 0 Å². The van der Waals surface area contributed by atoms with Crippen molar-refractivity contribution < 1.29 is 4.79 Å². The quantitative estimate of drug-likeness (QED) is 0.686. The number of nitriles is 1. The molecule has 1 aliphatic heterocycles. The van der Waals surface area contributed by atoms with Crippen LogP contribution < -0.4 is 5.32 Å². The minimum atomic E-state index is -0.0446. The van der Waals surface area contributed by atoms with Crippen LogP contribution in [0.1, 0.15) is 34.0 Å². The van der Waals surface area contributed by atoms with E-state index in [1.165, 1.54) is 27.3 Å². The molecule has 2 aromatic heterocycles. The molecule has 4 nitrogen and oxygen atoms in total. The van der Waals surface area contributed by atoms with Gasteiger partial charge in [-0.2, -0.15) is 5.26 Å². The molecule has 0 saturated carbocycles. The number of anilines is 1. The highest BCUT2D eigenvalue weighted by atomic mass is 32.1. The Bertz CT molecular complexity index is 971. The van der Waals surface area contributed by atoms with Gasteiger partial charge in [0.05, 0.1) is 11.6 Å². The van der Waals surface area contributed by atoms with Crippen molar-refractivity contribution in [2.75, 3.05) is 18.4 Å². The first-order valence-electron chi connectivity index (χ1n) is 8.89. The second-order valence-corrected chi connectivity index (χ2v) is 8.39. The van der Waals surface area contributed by atoms with Crippen LogP contribution >= 0.6 is 22.7 Å². The molecule has 3 aromatic rings. The number of rotatable bonds is 5. The largest absolute Gasteiger partial charge is 0.317 e. The Kier molecular flexibility index (Phi) is 5.35. The summed E-state index contributed by atoms with van der Waals surface area (Å²) < 4.78 is 0. The number of benzene rings is 1. The number of nitrogens with one attached hydrogen (secondary N) is 1. The first-order valence-corrected chi connectivity index (χ1v) is 10.6. The maximum Gasteiger partial charge on any atom is 0.226 e. The van der Waals surface area contributed by atoms with Crippen LogP contribution in [0.5, 0.6) is 0 Å². The average Bonchev–Trinajstić information content (AvgIpc) is 3.35. The summed E-state index contributed by atoms with van der Waals surface area (Å²) >= 11 is 3.21. The van der Waals surface area contributed by atoms with Gasteiger partial charge in [0.25, 0.3) is 0 Å². The highest BCUT2D eigenvalue weighted by Gasteiger charge is 2.29. The van der Waals surface area contributed by atoms with Gasteiger partial charge in [-0.25, -0.2) is 0 Å². The fourth-order valence-electron chi connectivity index (χ4n) is 3.56. The van der Waals surface area contributed by atoms with Gasteiger partial charge < -0.3 is 5.32 Å². The summed E-state index contributed by atoms with van der Waals surface area (Å²) in [6, 6.07) is 16.8. The van der Waals surface area contributed by atoms with Crippen LogP contribution in [0.15, 0.2) is 53.2 Å². The molecular formula is C21H19N3OS2. The molecule has 1 aliphatic rings. The Morgan fingerprint density at radius 3 is 2.81 bits per heavy atom. The zero-order valence-corrected chi connectivity index (χ0v) is 16.4. The zero-order chi connectivity index (χ0) is 18.6. The van der Waals surface area contributed by atoms with E-state index in [1.807, 2.05) is 22.8 Å². The Labute approximate surface area is 166 Å². The van der Waals surface area contributed by atoms with Gasteiger partial charge in [-0.15, -0.1) is 22.7 Å². The van der Waals surface area contributed by atoms with Crippen LogP contribution in [0, 0.1) is 11.3 Å². The summed E-state index contributed by atoms with van der Waals surface area (Å²) in [6.07, 6.45) is 1.44. The lowest BCUT2D eigenvalue weighted by molar-refractivity contribution is -0.116. The topological polar surface area (TPSA) is 56.1 Å². The van der Waals surface area contributed by atoms with Crippen molar-refractivity contribution in [3.63, 3.8) is 0 Å². The first-order chi connectivity index (χ1) is 13.3. The van der Waals surface area contributed by atoms with Crippen molar-refractivity contribution in [3.05, 3.63) is 74.8 Å². The van der Waals surface area contributed by atoms with Crippen LogP contribution in [0.3, 0.4) is 0 Å². The van der Waals surface area contributed by atoms with E-state index in [0.717, 1.165) is 13.0 Å². The van der Waals surface area contributed by atoms with Gasteiger partial charge >= 0.3 is 0 Å². The molecule has 0 saturated heterocycles. The highest BCUT2D eigenvalue weighted by Crippen LogP contribution is 2.37. The molecule has 0 aliphatic carbocycles. The number of carbonyl (C=O) groups excluding carboxylic acids is 1. The average molecular weight is 394 g/mol. The van der Waals surface area contributed by atoms with Gasteiger partial charge in [-0.1, -0.05) is 30.3 Å². The minimum Gasteiger partial charge on any atom is -0.317 e. The van der Waals surface area contributed by atoms with E-state index in [2.05, 4.69) is 52.0 Å². The number of hydrogen-bond donors (Lipinski definition) is 1. The van der Waals surface area contributed by atoms with E-state index in [-0.39, 0.29) is 11.9 Å². The van der Waals surface area contributed by atoms with E-state index >= 15 is 0 Å². The summed E-state index contributed by atoms with van der Waals surface area (Å²) in [4.78, 5) is 16.3. The summed E-state index contributed by atoms with van der Waals surface area (Å²) in [5.41, 5.74) is 3.15. The molecular weight excluding hydrogens is 374 g/mol. The molecule has 27 heavy (non-hydrogen) atoms. The van der Waals surface area contributed by atoms with Gasteiger partial charge in [0.15, 0.2) is 0 Å². The van der Waals surface area contributed by atoms with Crippen LogP contribution in [-0.4, -0.2) is 23.9 Å². The molecule has 1 amide bonds. The number of nitrogens with zero attached hydrogens (tertiary/aromatic N) is 2. The number of hydrogen-bond acceptors (Lipinski definition) is 5. The third kappa shape index (κ3) is 3.81. The maximum atomic E-state index is 12.4. The molecule has 0 bridgehead atoms. The molecule has 1 N–H and O–H groups in total. The van der Waals surface area contributed by atoms with Crippen molar-refractivity contribution in [1.29, 1.82) is 5.26 Å². The third-order valence-electron chi connectivity index (χ3n) is 4.85. The number of fused-ring (bicyclic) bond motifs is 1. The lowest BCUT2D eigenvalue weighted by atomic mass is 9.93. The summed E-state index contributed by atoms with van der Waals surface area (Å²) in [5, 5.41) is 16.6. The smallest absolute Gasteiger partial charge is 0.226 e. The lowest BCUT2D eigenvalue weighted by Crippen LogP contribution is -2.37. The van der Waals surface area contributed by atoms with Crippen molar-refractivity contribution in [2.45, 2.75) is 18.9 Å². The summed E-state index contributed by atoms with van der Waals surface area (Å²) in [6.45, 7) is 1.64. The van der Waals surface area contributed by atoms with Crippen molar-refractivity contribution in [2.24, 2.45) is 0 Å². The molecule has 0 fully saturated rings. The second kappa shape index (κ2) is 8.05. The van der Waals surface area contributed by atoms with Gasteiger partial charge in [0.2, 0.25) is 5.91 Å². The SMILES string of the molecule is N#Cc1ccsc1NC(=O)CCN1CCc2sccc2C1c1ccccc1. The predicted octanol–water partition coefficient (Wildman–Crippen LogP) is 4.66. The fraction of sp³-hybridized carbons (Fsp3) is 0.238. The molecule has 3 heterocycles. The van der Waals surface area contributed by atoms with Gasteiger partial charge in [0, 0.05) is 24.4 Å². The monoisotopic (exact) mass is 393 g/mol. The highest BCUT2D eigenvalue weighted by molar-refractivity contribution is 7.14. The van der Waals surface area contributed by atoms with Crippen molar-refractivity contribution in [3.8, 4) is 6.07 Å². The van der Waals surface area contributed by atoms with Gasteiger partial charge in [-0.3, -0.25) is 9.69 Å². The van der Waals surface area contributed by atoms with Gasteiger partial charge in [-0.05, 0) is 40.4 Å². The molecule has 0 spiro atoms. The maximum absolute atomic E-state index is 12.4. The summed E-state index contributed by atoms with van der Waals surface area (Å²) in [7, 11) is 0. The number of amides is 1. The second-order valence-electron chi connectivity index (χ2n) is 6.47. The molecule has 4 rings (SSSR count). The Morgan fingerprint density at radius 1 is 1.19 bits per heavy atom. The predicted molar refractivity (Wildman–Crippen MR) is 110 cm³/mol. The molecule has 6 heteroatoms. The Hall–Kier alpha value is -2.46. The molecule has 136 valence electrons. The Balaban J connectivity index is 1.48. The van der Waals surface area contributed by atoms with E-state index in [9.17, 15) is 4.79 Å². The van der Waals surface area contributed by atoms with Crippen LogP contribution in [0.4, 0.5) is 5.00 Å². The van der Waals surface area contributed by atoms with E-state index in [0.29, 0.717) is 23.5 Å². The standard InChI is InChI=1S/C21H19N3OS2/c22-14-16-8-12-27-21(16)23-19(25)7-11-24-10-6-18-17(9-13-26-18)20(24)15-4-2-1-3-5-15/h1-5,8-9,12-13,20H,6-7,10-11H2,(H,23,25). The van der Waals surface area contributed by atoms with E-state index in [1.54, 1.807) is 6.07 Å². The van der Waals surface area contributed by atoms with Crippen LogP contribution in [0.2, 0.25) is 0 Å². The van der Waals surface area contributed by atoms with Gasteiger partial charge in [0.1, 0.15) is 11.1 Å². The van der Waals surface area contributed by atoms with E-state index in [4.69, 9.17) is 5.26 Å². The lowest BCUT2D eigenvalue weighted by Gasteiger charge is -2.36. The van der Waals surface area contributed by atoms with Crippen LogP contribution in [0.25, 0.3) is 0 Å². The number of carbonyl (C=O) groups is 1. The van der Waals surface area contributed by atoms with Crippen molar-refractivity contribution >= 4 is 33.6 Å². The van der Waals surface area contributed by atoms with Crippen molar-refractivity contribution in [1.82, 2.24) is 4.90 Å². The first kappa shape index (κ1) is 17.9. The molecule has 1 atom stereocenters. The summed E-state index contributed by atoms with van der Waals surface area (Å²) in [5.74, 6) is -0.0446. The van der Waals surface area contributed by atoms with Crippen LogP contribution in [-0.2, 0) is 11.2 Å². The minimum absolute atomic E-state index is 0.0446. The fourth-order valence-corrected chi connectivity index (χ4v) is 5.22. The molecule has 1 unspecified atom stereocenters. The zero-order valence-electron chi connectivity index (χ0n) is 14.7. The normalized spacial score (nSPS) is 16.5. The number of thiophene rings is 2. The molecule has 1 aromatic carbocycles.